The Bertz CT molecular complexity index is 628. The van der Waals surface area contributed by atoms with Gasteiger partial charge >= 0.3 is 0 Å². The van der Waals surface area contributed by atoms with E-state index < -0.39 is 0 Å². The molecule has 4 rings (SSSR count). The lowest BCUT2D eigenvalue weighted by atomic mass is 9.97. The van der Waals surface area contributed by atoms with Crippen LogP contribution in [0.15, 0.2) is 25.0 Å². The third-order valence-corrected chi connectivity index (χ3v) is 4.75. The number of aromatic nitrogens is 5. The Morgan fingerprint density at radius 2 is 2.05 bits per heavy atom. The lowest BCUT2D eigenvalue weighted by Gasteiger charge is -2.23. The van der Waals surface area contributed by atoms with Crippen LogP contribution in [-0.4, -0.2) is 50.0 Å². The van der Waals surface area contributed by atoms with Crippen molar-refractivity contribution >= 4 is 5.95 Å². The lowest BCUT2D eigenvalue weighted by molar-refractivity contribution is 0.0219. The molecule has 0 amide bonds. The summed E-state index contributed by atoms with van der Waals surface area (Å²) in [4.78, 5) is 11.2. The van der Waals surface area contributed by atoms with Gasteiger partial charge in [-0.3, -0.25) is 0 Å². The molecule has 0 N–H and O–H groups in total. The molecule has 2 aromatic rings. The standard InChI is InChI=1S/C15H20N6O/c1-2-12-6-16-14(17-7-12)20-4-3-15(9-20)5-13(8-22-15)21-10-18-19-11-21/h6-7,10-11,13H,2-5,8-9H2,1H3. The molecule has 0 radical (unpaired) electrons. The molecule has 0 bridgehead atoms. The number of rotatable bonds is 3. The molecule has 4 heterocycles. The molecule has 2 fully saturated rings. The van der Waals surface area contributed by atoms with Gasteiger partial charge in [-0.25, -0.2) is 9.97 Å². The van der Waals surface area contributed by atoms with Crippen molar-refractivity contribution in [2.24, 2.45) is 0 Å². The molecule has 7 nitrogen and oxygen atoms in total. The van der Waals surface area contributed by atoms with Gasteiger partial charge in [0.2, 0.25) is 5.95 Å². The maximum atomic E-state index is 6.16. The number of aryl methyl sites for hydroxylation is 1. The normalized spacial score (nSPS) is 27.9. The monoisotopic (exact) mass is 300 g/mol. The van der Waals surface area contributed by atoms with Crippen LogP contribution in [0.2, 0.25) is 0 Å². The topological polar surface area (TPSA) is 69.0 Å². The number of ether oxygens (including phenoxy) is 1. The molecule has 2 atom stereocenters. The zero-order valence-electron chi connectivity index (χ0n) is 12.7. The smallest absolute Gasteiger partial charge is 0.225 e. The zero-order valence-corrected chi connectivity index (χ0v) is 12.7. The fraction of sp³-hybridized carbons (Fsp3) is 0.600. The first kappa shape index (κ1) is 13.6. The average Bonchev–Trinajstić information content (AvgIpc) is 3.29. The molecule has 2 aliphatic heterocycles. The summed E-state index contributed by atoms with van der Waals surface area (Å²) in [7, 11) is 0. The van der Waals surface area contributed by atoms with Gasteiger partial charge in [0.05, 0.1) is 24.8 Å². The summed E-state index contributed by atoms with van der Waals surface area (Å²) in [5.41, 5.74) is 1.09. The van der Waals surface area contributed by atoms with E-state index in [0.717, 1.165) is 44.9 Å². The maximum absolute atomic E-state index is 6.16. The molecule has 7 heteroatoms. The van der Waals surface area contributed by atoms with Crippen molar-refractivity contribution in [1.82, 2.24) is 24.7 Å². The average molecular weight is 300 g/mol. The van der Waals surface area contributed by atoms with Crippen LogP contribution < -0.4 is 4.90 Å². The molecule has 2 saturated heterocycles. The summed E-state index contributed by atoms with van der Waals surface area (Å²) < 4.78 is 8.21. The van der Waals surface area contributed by atoms with E-state index in [1.807, 2.05) is 17.0 Å². The number of hydrogen-bond acceptors (Lipinski definition) is 6. The Hall–Kier alpha value is -2.02. The first-order valence-electron chi connectivity index (χ1n) is 7.82. The van der Waals surface area contributed by atoms with Crippen molar-refractivity contribution in [2.75, 3.05) is 24.6 Å². The minimum atomic E-state index is -0.0816. The summed E-state index contributed by atoms with van der Waals surface area (Å²) in [5.74, 6) is 0.811. The van der Waals surface area contributed by atoms with Gasteiger partial charge in [-0.15, -0.1) is 10.2 Å². The van der Waals surface area contributed by atoms with Crippen molar-refractivity contribution in [3.05, 3.63) is 30.6 Å². The molecule has 0 aliphatic carbocycles. The minimum absolute atomic E-state index is 0.0816. The second-order valence-corrected chi connectivity index (χ2v) is 6.18. The van der Waals surface area contributed by atoms with Gasteiger partial charge in [-0.1, -0.05) is 6.92 Å². The predicted octanol–water partition coefficient (Wildman–Crippen LogP) is 1.24. The number of nitrogens with zero attached hydrogens (tertiary/aromatic N) is 6. The molecule has 116 valence electrons. The molecular weight excluding hydrogens is 280 g/mol. The molecule has 1 spiro atoms. The quantitative estimate of drug-likeness (QED) is 0.849. The Labute approximate surface area is 129 Å². The van der Waals surface area contributed by atoms with Gasteiger partial charge in [0.1, 0.15) is 12.7 Å². The van der Waals surface area contributed by atoms with Gasteiger partial charge < -0.3 is 14.2 Å². The summed E-state index contributed by atoms with van der Waals surface area (Å²) >= 11 is 0. The SMILES string of the molecule is CCc1cnc(N2CCC3(CC(n4cnnc4)CO3)C2)nc1. The Kier molecular flexibility index (Phi) is 3.29. The predicted molar refractivity (Wildman–Crippen MR) is 80.6 cm³/mol. The minimum Gasteiger partial charge on any atom is -0.371 e. The van der Waals surface area contributed by atoms with E-state index in [-0.39, 0.29) is 5.60 Å². The van der Waals surface area contributed by atoms with E-state index in [1.54, 1.807) is 12.7 Å². The summed E-state index contributed by atoms with van der Waals surface area (Å²) in [6.45, 7) is 4.64. The molecule has 0 saturated carbocycles. The molecule has 22 heavy (non-hydrogen) atoms. The molecule has 2 unspecified atom stereocenters. The van der Waals surface area contributed by atoms with E-state index in [9.17, 15) is 0 Å². The highest BCUT2D eigenvalue weighted by Crippen LogP contribution is 2.40. The van der Waals surface area contributed by atoms with Crippen LogP contribution >= 0.6 is 0 Å². The summed E-state index contributed by atoms with van der Waals surface area (Å²) in [6.07, 6.45) is 10.4. The van der Waals surface area contributed by atoms with Crippen molar-refractivity contribution in [3.63, 3.8) is 0 Å². The third-order valence-electron chi connectivity index (χ3n) is 4.75. The molecule has 0 aromatic carbocycles. The summed E-state index contributed by atoms with van der Waals surface area (Å²) in [6, 6.07) is 0.332. The third kappa shape index (κ3) is 2.35. The Morgan fingerprint density at radius 1 is 1.27 bits per heavy atom. The van der Waals surface area contributed by atoms with E-state index in [1.165, 1.54) is 5.56 Å². The van der Waals surface area contributed by atoms with Crippen LogP contribution in [0.4, 0.5) is 5.95 Å². The van der Waals surface area contributed by atoms with Gasteiger partial charge in [-0.05, 0) is 18.4 Å². The van der Waals surface area contributed by atoms with Crippen molar-refractivity contribution < 1.29 is 4.74 Å². The summed E-state index contributed by atoms with van der Waals surface area (Å²) in [5, 5.41) is 7.78. The fourth-order valence-corrected chi connectivity index (χ4v) is 3.40. The first-order chi connectivity index (χ1) is 10.8. The van der Waals surface area contributed by atoms with E-state index in [2.05, 4.69) is 32.0 Å². The van der Waals surface area contributed by atoms with Gasteiger partial charge in [0.25, 0.3) is 0 Å². The van der Waals surface area contributed by atoms with Crippen LogP contribution in [0.25, 0.3) is 0 Å². The number of hydrogen-bond donors (Lipinski definition) is 0. The van der Waals surface area contributed by atoms with Gasteiger partial charge in [0.15, 0.2) is 0 Å². The van der Waals surface area contributed by atoms with Crippen LogP contribution in [0, 0.1) is 0 Å². The first-order valence-corrected chi connectivity index (χ1v) is 7.82. The fourth-order valence-electron chi connectivity index (χ4n) is 3.40. The second kappa shape index (κ2) is 5.31. The highest BCUT2D eigenvalue weighted by Gasteiger charge is 2.46. The van der Waals surface area contributed by atoms with Crippen LogP contribution in [0.3, 0.4) is 0 Å². The van der Waals surface area contributed by atoms with Gasteiger partial charge in [-0.2, -0.15) is 0 Å². The van der Waals surface area contributed by atoms with E-state index >= 15 is 0 Å². The van der Waals surface area contributed by atoms with Crippen LogP contribution in [-0.2, 0) is 11.2 Å². The Balaban J connectivity index is 1.45. The molecule has 2 aliphatic rings. The highest BCUT2D eigenvalue weighted by molar-refractivity contribution is 5.34. The van der Waals surface area contributed by atoms with Crippen molar-refractivity contribution in [3.8, 4) is 0 Å². The highest BCUT2D eigenvalue weighted by atomic mass is 16.5. The van der Waals surface area contributed by atoms with E-state index in [0.29, 0.717) is 6.04 Å². The van der Waals surface area contributed by atoms with Crippen LogP contribution in [0.1, 0.15) is 31.4 Å². The van der Waals surface area contributed by atoms with Crippen LogP contribution in [0.5, 0.6) is 0 Å². The molecular formula is C15H20N6O. The molecule has 2 aromatic heterocycles. The number of anilines is 1. The van der Waals surface area contributed by atoms with E-state index in [4.69, 9.17) is 4.74 Å². The van der Waals surface area contributed by atoms with Gasteiger partial charge in [0, 0.05) is 25.4 Å². The van der Waals surface area contributed by atoms with Crippen molar-refractivity contribution in [2.45, 2.75) is 37.8 Å². The maximum Gasteiger partial charge on any atom is 0.225 e. The largest absolute Gasteiger partial charge is 0.371 e. The second-order valence-electron chi connectivity index (χ2n) is 6.18. The van der Waals surface area contributed by atoms with Crippen molar-refractivity contribution in [1.29, 1.82) is 0 Å². The zero-order chi connectivity index (χ0) is 15.0. The Morgan fingerprint density at radius 3 is 2.77 bits per heavy atom. The lowest BCUT2D eigenvalue weighted by Crippen LogP contribution is -2.33.